The fraction of sp³-hybridized carbons (Fsp3) is 0.294. The highest BCUT2D eigenvalue weighted by Gasteiger charge is 2.25. The quantitative estimate of drug-likeness (QED) is 0.815. The van der Waals surface area contributed by atoms with Gasteiger partial charge in [0.05, 0.1) is 11.3 Å². The van der Waals surface area contributed by atoms with Crippen LogP contribution in [0.25, 0.3) is 11.6 Å². The highest BCUT2D eigenvalue weighted by molar-refractivity contribution is 6.34. The maximum atomic E-state index is 12.1. The van der Waals surface area contributed by atoms with Gasteiger partial charge in [0, 0.05) is 23.7 Å². The number of hydrogen-bond acceptors (Lipinski definition) is 3. The zero-order valence-corrected chi connectivity index (χ0v) is 11.9. The number of aryl methyl sites for hydroxylation is 3. The van der Waals surface area contributed by atoms with Gasteiger partial charge in [0.25, 0.3) is 5.91 Å². The van der Waals surface area contributed by atoms with E-state index in [1.807, 2.05) is 25.1 Å². The second kappa shape index (κ2) is 4.58. The third kappa shape index (κ3) is 2.07. The Bertz CT molecular complexity index is 748. The van der Waals surface area contributed by atoms with E-state index in [2.05, 4.69) is 10.3 Å². The number of aromatic nitrogens is 1. The number of carbonyl (C=O) groups is 1. The Balaban J connectivity index is 1.78. The van der Waals surface area contributed by atoms with Gasteiger partial charge in [0.1, 0.15) is 5.76 Å². The molecule has 0 spiro atoms. The first-order valence-electron chi connectivity index (χ1n) is 7.33. The average molecular weight is 280 g/mol. The van der Waals surface area contributed by atoms with Gasteiger partial charge in [-0.15, -0.1) is 0 Å². The van der Waals surface area contributed by atoms with Crippen LogP contribution in [-0.2, 0) is 17.6 Å². The predicted molar refractivity (Wildman–Crippen MR) is 80.8 cm³/mol. The SMILES string of the molecule is Cc1ccc2c(c1)C(=Cc1nc3c(o1)CCCC3)C(=O)N2. The van der Waals surface area contributed by atoms with Crippen LogP contribution < -0.4 is 5.32 Å². The fourth-order valence-electron chi connectivity index (χ4n) is 3.00. The third-order valence-corrected chi connectivity index (χ3v) is 4.09. The third-order valence-electron chi connectivity index (χ3n) is 4.09. The minimum atomic E-state index is -0.0910. The van der Waals surface area contributed by atoms with Crippen molar-refractivity contribution in [2.45, 2.75) is 32.6 Å². The van der Waals surface area contributed by atoms with E-state index in [0.29, 0.717) is 11.5 Å². The number of nitrogens with zero attached hydrogens (tertiary/aromatic N) is 1. The number of oxazole rings is 1. The molecule has 0 saturated carbocycles. The van der Waals surface area contributed by atoms with Crippen molar-refractivity contribution in [3.63, 3.8) is 0 Å². The van der Waals surface area contributed by atoms with E-state index in [1.165, 1.54) is 0 Å². The van der Waals surface area contributed by atoms with E-state index in [4.69, 9.17) is 4.42 Å². The minimum absolute atomic E-state index is 0.0910. The van der Waals surface area contributed by atoms with Crippen LogP contribution in [0.15, 0.2) is 22.6 Å². The van der Waals surface area contributed by atoms with Crippen LogP contribution in [0.2, 0.25) is 0 Å². The number of anilines is 1. The number of nitrogens with one attached hydrogen (secondary N) is 1. The van der Waals surface area contributed by atoms with Crippen LogP contribution in [0.4, 0.5) is 5.69 Å². The highest BCUT2D eigenvalue weighted by Crippen LogP contribution is 2.34. The Morgan fingerprint density at radius 3 is 3.00 bits per heavy atom. The van der Waals surface area contributed by atoms with Gasteiger partial charge in [-0.05, 0) is 38.3 Å². The molecule has 0 radical (unpaired) electrons. The lowest BCUT2D eigenvalue weighted by Crippen LogP contribution is -2.03. The zero-order chi connectivity index (χ0) is 14.4. The van der Waals surface area contributed by atoms with Crippen molar-refractivity contribution < 1.29 is 9.21 Å². The van der Waals surface area contributed by atoms with Gasteiger partial charge in [-0.2, -0.15) is 0 Å². The molecule has 0 bridgehead atoms. The van der Waals surface area contributed by atoms with Crippen LogP contribution in [0.3, 0.4) is 0 Å². The number of fused-ring (bicyclic) bond motifs is 2. The molecule has 1 aromatic heterocycles. The largest absolute Gasteiger partial charge is 0.441 e. The van der Waals surface area contributed by atoms with Gasteiger partial charge in [-0.3, -0.25) is 4.79 Å². The van der Waals surface area contributed by atoms with Gasteiger partial charge in [0.2, 0.25) is 5.89 Å². The summed E-state index contributed by atoms with van der Waals surface area (Å²) in [5.74, 6) is 1.43. The van der Waals surface area contributed by atoms with Crippen molar-refractivity contribution in [2.24, 2.45) is 0 Å². The van der Waals surface area contributed by atoms with Gasteiger partial charge in [0.15, 0.2) is 0 Å². The summed E-state index contributed by atoms with van der Waals surface area (Å²) >= 11 is 0. The summed E-state index contributed by atoms with van der Waals surface area (Å²) in [7, 11) is 0. The molecule has 0 atom stereocenters. The van der Waals surface area contributed by atoms with E-state index in [9.17, 15) is 4.79 Å². The Labute approximate surface area is 122 Å². The minimum Gasteiger partial charge on any atom is -0.441 e. The molecule has 2 aliphatic rings. The highest BCUT2D eigenvalue weighted by atomic mass is 16.4. The maximum absolute atomic E-state index is 12.1. The van der Waals surface area contributed by atoms with Gasteiger partial charge in [-0.1, -0.05) is 11.6 Å². The summed E-state index contributed by atoms with van der Waals surface area (Å²) < 4.78 is 5.79. The molecular weight excluding hydrogens is 264 g/mol. The van der Waals surface area contributed by atoms with Crippen molar-refractivity contribution in [1.29, 1.82) is 0 Å². The van der Waals surface area contributed by atoms with Crippen molar-refractivity contribution in [3.05, 3.63) is 46.7 Å². The smallest absolute Gasteiger partial charge is 0.256 e. The molecule has 4 nitrogen and oxygen atoms in total. The molecule has 1 aliphatic heterocycles. The van der Waals surface area contributed by atoms with E-state index in [0.717, 1.165) is 54.0 Å². The average Bonchev–Trinajstić information content (AvgIpc) is 3.01. The van der Waals surface area contributed by atoms with Crippen LogP contribution in [0.1, 0.15) is 41.3 Å². The summed E-state index contributed by atoms with van der Waals surface area (Å²) in [6.07, 6.45) is 6.01. The van der Waals surface area contributed by atoms with Gasteiger partial charge >= 0.3 is 0 Å². The summed E-state index contributed by atoms with van der Waals surface area (Å²) in [5.41, 5.74) is 4.59. The Morgan fingerprint density at radius 1 is 1.29 bits per heavy atom. The fourth-order valence-corrected chi connectivity index (χ4v) is 3.00. The van der Waals surface area contributed by atoms with E-state index < -0.39 is 0 Å². The van der Waals surface area contributed by atoms with E-state index in [-0.39, 0.29) is 5.91 Å². The van der Waals surface area contributed by atoms with Crippen LogP contribution in [0, 0.1) is 6.92 Å². The normalized spacial score (nSPS) is 18.5. The molecule has 0 saturated heterocycles. The van der Waals surface area contributed by atoms with Crippen LogP contribution in [0.5, 0.6) is 0 Å². The number of carbonyl (C=O) groups excluding carboxylic acids is 1. The summed E-state index contributed by atoms with van der Waals surface area (Å²) in [5, 5.41) is 2.88. The second-order valence-corrected chi connectivity index (χ2v) is 5.69. The molecule has 1 N–H and O–H groups in total. The zero-order valence-electron chi connectivity index (χ0n) is 11.9. The molecule has 1 aliphatic carbocycles. The van der Waals surface area contributed by atoms with Crippen LogP contribution >= 0.6 is 0 Å². The predicted octanol–water partition coefficient (Wildman–Crippen LogP) is 3.35. The van der Waals surface area contributed by atoms with Crippen molar-refractivity contribution in [1.82, 2.24) is 4.98 Å². The molecule has 2 aromatic rings. The van der Waals surface area contributed by atoms with Crippen LogP contribution in [-0.4, -0.2) is 10.9 Å². The van der Waals surface area contributed by atoms with Crippen molar-refractivity contribution >= 4 is 23.2 Å². The summed E-state index contributed by atoms with van der Waals surface area (Å²) in [4.78, 5) is 16.7. The summed E-state index contributed by atoms with van der Waals surface area (Å²) in [6, 6.07) is 5.94. The first-order chi connectivity index (χ1) is 10.2. The first kappa shape index (κ1) is 12.4. The number of rotatable bonds is 1. The van der Waals surface area contributed by atoms with Gasteiger partial charge in [-0.25, -0.2) is 4.98 Å². The lowest BCUT2D eigenvalue weighted by atomic mass is 10.0. The molecule has 1 aromatic carbocycles. The molecule has 0 unspecified atom stereocenters. The number of hydrogen-bond donors (Lipinski definition) is 1. The molecule has 2 heterocycles. The number of benzene rings is 1. The molecule has 4 heteroatoms. The molecular formula is C17H16N2O2. The monoisotopic (exact) mass is 280 g/mol. The molecule has 21 heavy (non-hydrogen) atoms. The Hall–Kier alpha value is -2.36. The maximum Gasteiger partial charge on any atom is 0.256 e. The molecule has 1 amide bonds. The van der Waals surface area contributed by atoms with E-state index >= 15 is 0 Å². The topological polar surface area (TPSA) is 55.1 Å². The number of amides is 1. The standard InChI is InChI=1S/C17H16N2O2/c1-10-6-7-13-11(8-10)12(17(20)19-13)9-16-18-14-4-2-3-5-15(14)21-16/h6-9H,2-5H2,1H3,(H,19,20). The molecule has 0 fully saturated rings. The van der Waals surface area contributed by atoms with Gasteiger partial charge < -0.3 is 9.73 Å². The van der Waals surface area contributed by atoms with E-state index in [1.54, 1.807) is 6.08 Å². The summed E-state index contributed by atoms with van der Waals surface area (Å²) in [6.45, 7) is 2.02. The van der Waals surface area contributed by atoms with Crippen molar-refractivity contribution in [2.75, 3.05) is 5.32 Å². The van der Waals surface area contributed by atoms with Crippen molar-refractivity contribution in [3.8, 4) is 0 Å². The lowest BCUT2D eigenvalue weighted by molar-refractivity contribution is -0.110. The molecule has 106 valence electrons. The Morgan fingerprint density at radius 2 is 2.14 bits per heavy atom. The first-order valence-corrected chi connectivity index (χ1v) is 7.33. The lowest BCUT2D eigenvalue weighted by Gasteiger charge is -2.05. The Kier molecular flexibility index (Phi) is 2.70. The molecule has 4 rings (SSSR count). The second-order valence-electron chi connectivity index (χ2n) is 5.69.